The minimum atomic E-state index is -0.656. The van der Waals surface area contributed by atoms with Crippen molar-refractivity contribution in [2.24, 2.45) is 5.73 Å². The number of nitrogens with two attached hydrogens (primary N) is 1. The molecule has 1 atom stereocenters. The van der Waals surface area contributed by atoms with Crippen molar-refractivity contribution in [2.45, 2.75) is 26.0 Å². The summed E-state index contributed by atoms with van der Waals surface area (Å²) in [6.07, 6.45) is 0.0163. The normalized spacial score (nSPS) is 12.5. The number of ether oxygens (including phenoxy) is 2. The Bertz CT molecular complexity index is 377. The van der Waals surface area contributed by atoms with Gasteiger partial charge < -0.3 is 15.2 Å². The number of ketones is 1. The Kier molecular flexibility index (Phi) is 5.12. The molecule has 0 aromatic heterocycles. The van der Waals surface area contributed by atoms with Crippen LogP contribution in [0, 0.1) is 0 Å². The maximum Gasteiger partial charge on any atom is 0.185 e. The lowest BCUT2D eigenvalue weighted by molar-refractivity contribution is 0.0886. The van der Waals surface area contributed by atoms with Crippen molar-refractivity contribution >= 4 is 5.78 Å². The lowest BCUT2D eigenvalue weighted by atomic mass is 10.0. The van der Waals surface area contributed by atoms with Crippen LogP contribution in [0.1, 0.15) is 24.2 Å². The number of carbonyl (C=O) groups excluding carboxylic acids is 1. The van der Waals surface area contributed by atoms with Gasteiger partial charge in [-0.05, 0) is 26.0 Å². The zero-order valence-corrected chi connectivity index (χ0v) is 10.5. The highest BCUT2D eigenvalue weighted by Gasteiger charge is 2.19. The van der Waals surface area contributed by atoms with Crippen LogP contribution in [0.5, 0.6) is 5.75 Å². The van der Waals surface area contributed by atoms with Gasteiger partial charge in [0.2, 0.25) is 0 Å². The quantitative estimate of drug-likeness (QED) is 0.764. The van der Waals surface area contributed by atoms with Crippen LogP contribution in [0.25, 0.3) is 0 Å². The Hall–Kier alpha value is -1.39. The molecule has 0 aliphatic heterocycles. The van der Waals surface area contributed by atoms with Crippen LogP contribution >= 0.6 is 0 Å². The van der Waals surface area contributed by atoms with Crippen LogP contribution in [-0.2, 0) is 4.74 Å². The van der Waals surface area contributed by atoms with Gasteiger partial charge in [0.15, 0.2) is 5.78 Å². The second kappa shape index (κ2) is 6.37. The highest BCUT2D eigenvalue weighted by Crippen LogP contribution is 2.20. The third kappa shape index (κ3) is 3.84. The summed E-state index contributed by atoms with van der Waals surface area (Å²) in [5, 5.41) is 0. The molecule has 2 N–H and O–H groups in total. The number of benzene rings is 1. The molecule has 0 fully saturated rings. The Balaban J connectivity index is 2.92. The fourth-order valence-electron chi connectivity index (χ4n) is 1.48. The standard InChI is InChI=1S/C13H19NO3/c1-9(2)17-12-7-5-4-6-10(12)13(15)11(14)8-16-3/h4-7,9,11H,8,14H2,1-3H3. The molecule has 0 saturated carbocycles. The van der Waals surface area contributed by atoms with Gasteiger partial charge in [-0.15, -0.1) is 0 Å². The van der Waals surface area contributed by atoms with Gasteiger partial charge in [0, 0.05) is 7.11 Å². The Morgan fingerprint density at radius 2 is 2.00 bits per heavy atom. The van der Waals surface area contributed by atoms with Crippen LogP contribution < -0.4 is 10.5 Å². The smallest absolute Gasteiger partial charge is 0.185 e. The molecule has 0 aliphatic rings. The van der Waals surface area contributed by atoms with E-state index < -0.39 is 6.04 Å². The monoisotopic (exact) mass is 237 g/mol. The van der Waals surface area contributed by atoms with E-state index >= 15 is 0 Å². The van der Waals surface area contributed by atoms with Gasteiger partial charge in [-0.25, -0.2) is 0 Å². The van der Waals surface area contributed by atoms with Crippen molar-refractivity contribution in [1.29, 1.82) is 0 Å². The molecule has 4 heteroatoms. The molecular formula is C13H19NO3. The van der Waals surface area contributed by atoms with Crippen molar-refractivity contribution in [3.8, 4) is 5.75 Å². The summed E-state index contributed by atoms with van der Waals surface area (Å²) >= 11 is 0. The molecule has 1 unspecified atom stereocenters. The molecule has 0 radical (unpaired) electrons. The van der Waals surface area contributed by atoms with E-state index in [1.54, 1.807) is 18.2 Å². The summed E-state index contributed by atoms with van der Waals surface area (Å²) < 4.78 is 10.5. The Labute approximate surface area is 102 Å². The zero-order valence-electron chi connectivity index (χ0n) is 10.5. The molecule has 0 saturated heterocycles. The first kappa shape index (κ1) is 13.7. The molecular weight excluding hydrogens is 218 g/mol. The van der Waals surface area contributed by atoms with Gasteiger partial charge in [0.1, 0.15) is 5.75 Å². The SMILES string of the molecule is COCC(N)C(=O)c1ccccc1OC(C)C. The van der Waals surface area contributed by atoms with E-state index in [1.807, 2.05) is 19.9 Å². The molecule has 4 nitrogen and oxygen atoms in total. The molecule has 0 bridgehead atoms. The third-order valence-corrected chi connectivity index (χ3v) is 2.20. The number of Topliss-reactive ketones (excluding diaryl/α,β-unsaturated/α-hetero) is 1. The lowest BCUT2D eigenvalue weighted by Crippen LogP contribution is -2.35. The summed E-state index contributed by atoms with van der Waals surface area (Å²) in [5.74, 6) is 0.405. The summed E-state index contributed by atoms with van der Waals surface area (Å²) in [6, 6.07) is 6.45. The summed E-state index contributed by atoms with van der Waals surface area (Å²) in [4.78, 5) is 12.1. The molecule has 0 aliphatic carbocycles. The van der Waals surface area contributed by atoms with E-state index in [4.69, 9.17) is 15.2 Å². The first-order chi connectivity index (χ1) is 8.06. The minimum Gasteiger partial charge on any atom is -0.490 e. The maximum absolute atomic E-state index is 12.1. The summed E-state index contributed by atoms with van der Waals surface area (Å²) in [5.41, 5.74) is 6.23. The summed E-state index contributed by atoms with van der Waals surface area (Å²) in [6.45, 7) is 4.03. The minimum absolute atomic E-state index is 0.0163. The largest absolute Gasteiger partial charge is 0.490 e. The Morgan fingerprint density at radius 1 is 1.35 bits per heavy atom. The number of rotatable bonds is 6. The molecule has 0 amide bonds. The summed E-state index contributed by atoms with van der Waals surface area (Å²) in [7, 11) is 1.52. The van der Waals surface area contributed by atoms with E-state index in [0.29, 0.717) is 11.3 Å². The van der Waals surface area contributed by atoms with Crippen molar-refractivity contribution in [3.05, 3.63) is 29.8 Å². The number of para-hydroxylation sites is 1. The number of methoxy groups -OCH3 is 1. The van der Waals surface area contributed by atoms with Crippen LogP contribution in [-0.4, -0.2) is 31.6 Å². The molecule has 1 aromatic rings. The fourth-order valence-corrected chi connectivity index (χ4v) is 1.48. The first-order valence-corrected chi connectivity index (χ1v) is 5.60. The number of carbonyl (C=O) groups is 1. The molecule has 0 spiro atoms. The lowest BCUT2D eigenvalue weighted by Gasteiger charge is -2.15. The van der Waals surface area contributed by atoms with E-state index in [0.717, 1.165) is 0 Å². The van der Waals surface area contributed by atoms with Gasteiger partial charge in [-0.2, -0.15) is 0 Å². The van der Waals surface area contributed by atoms with Crippen molar-refractivity contribution < 1.29 is 14.3 Å². The zero-order chi connectivity index (χ0) is 12.8. The molecule has 0 heterocycles. The predicted molar refractivity (Wildman–Crippen MR) is 66.4 cm³/mol. The highest BCUT2D eigenvalue weighted by molar-refractivity contribution is 6.02. The van der Waals surface area contributed by atoms with Crippen LogP contribution in [0.4, 0.5) is 0 Å². The number of hydrogen-bond acceptors (Lipinski definition) is 4. The average Bonchev–Trinajstić information content (AvgIpc) is 2.28. The van der Waals surface area contributed by atoms with E-state index in [1.165, 1.54) is 7.11 Å². The average molecular weight is 237 g/mol. The second-order valence-corrected chi connectivity index (χ2v) is 4.09. The van der Waals surface area contributed by atoms with Crippen molar-refractivity contribution in [2.75, 3.05) is 13.7 Å². The first-order valence-electron chi connectivity index (χ1n) is 5.60. The van der Waals surface area contributed by atoms with E-state index in [9.17, 15) is 4.79 Å². The van der Waals surface area contributed by atoms with Crippen LogP contribution in [0.3, 0.4) is 0 Å². The van der Waals surface area contributed by atoms with Gasteiger partial charge in [-0.3, -0.25) is 4.79 Å². The van der Waals surface area contributed by atoms with Gasteiger partial charge in [0.05, 0.1) is 24.3 Å². The molecule has 1 aromatic carbocycles. The topological polar surface area (TPSA) is 61.5 Å². The van der Waals surface area contributed by atoms with Gasteiger partial charge in [0.25, 0.3) is 0 Å². The molecule has 1 rings (SSSR count). The Morgan fingerprint density at radius 3 is 2.59 bits per heavy atom. The van der Waals surface area contributed by atoms with Gasteiger partial charge >= 0.3 is 0 Å². The molecule has 17 heavy (non-hydrogen) atoms. The predicted octanol–water partition coefficient (Wildman–Crippen LogP) is 1.63. The van der Waals surface area contributed by atoms with Crippen molar-refractivity contribution in [1.82, 2.24) is 0 Å². The van der Waals surface area contributed by atoms with Crippen LogP contribution in [0.15, 0.2) is 24.3 Å². The van der Waals surface area contributed by atoms with Crippen LogP contribution in [0.2, 0.25) is 0 Å². The van der Waals surface area contributed by atoms with Crippen molar-refractivity contribution in [3.63, 3.8) is 0 Å². The second-order valence-electron chi connectivity index (χ2n) is 4.09. The van der Waals surface area contributed by atoms with E-state index in [-0.39, 0.29) is 18.5 Å². The fraction of sp³-hybridized carbons (Fsp3) is 0.462. The van der Waals surface area contributed by atoms with E-state index in [2.05, 4.69) is 0 Å². The van der Waals surface area contributed by atoms with Gasteiger partial charge in [-0.1, -0.05) is 12.1 Å². The molecule has 94 valence electrons. The number of hydrogen-bond donors (Lipinski definition) is 1. The third-order valence-electron chi connectivity index (χ3n) is 2.20. The highest BCUT2D eigenvalue weighted by atomic mass is 16.5. The maximum atomic E-state index is 12.1.